The maximum atomic E-state index is 4.19. The Balaban J connectivity index is 0.000000442. The van der Waals surface area contributed by atoms with Gasteiger partial charge in [0, 0.05) is 12.4 Å². The van der Waals surface area contributed by atoms with Gasteiger partial charge >= 0.3 is 0 Å². The van der Waals surface area contributed by atoms with Crippen molar-refractivity contribution in [3.63, 3.8) is 0 Å². The lowest BCUT2D eigenvalue weighted by Crippen LogP contribution is -1.99. The van der Waals surface area contributed by atoms with Crippen LogP contribution in [-0.4, -0.2) is 6.21 Å². The second-order valence-electron chi connectivity index (χ2n) is 3.20. The molecule has 1 aliphatic heterocycles. The predicted molar refractivity (Wildman–Crippen MR) is 70.4 cm³/mol. The zero-order valence-corrected chi connectivity index (χ0v) is 10.7. The van der Waals surface area contributed by atoms with Crippen LogP contribution in [0, 0.1) is 0 Å². The molecule has 1 aliphatic carbocycles. The van der Waals surface area contributed by atoms with Crippen LogP contribution in [0.1, 0.15) is 59.8 Å². The van der Waals surface area contributed by atoms with Crippen molar-refractivity contribution in [1.82, 2.24) is 0 Å². The quantitative estimate of drug-likeness (QED) is 0.536. The Labute approximate surface area is 95.0 Å². The van der Waals surface area contributed by atoms with Gasteiger partial charge in [0.05, 0.1) is 0 Å². The fourth-order valence-electron chi connectivity index (χ4n) is 1.77. The van der Waals surface area contributed by atoms with Crippen LogP contribution in [0.3, 0.4) is 0 Å². The van der Waals surface area contributed by atoms with Gasteiger partial charge in [0.25, 0.3) is 0 Å². The molecule has 15 heavy (non-hydrogen) atoms. The highest BCUT2D eigenvalue weighted by Gasteiger charge is 2.10. The Hall–Kier alpha value is -0.850. The van der Waals surface area contributed by atoms with Crippen molar-refractivity contribution < 1.29 is 0 Å². The van der Waals surface area contributed by atoms with Crippen LogP contribution in [-0.2, 0) is 0 Å². The Morgan fingerprint density at radius 2 is 1.67 bits per heavy atom. The second-order valence-corrected chi connectivity index (χ2v) is 3.20. The average molecular weight is 207 g/mol. The molecule has 0 aromatic carbocycles. The first-order valence-corrected chi connectivity index (χ1v) is 6.36. The molecule has 86 valence electrons. The Morgan fingerprint density at radius 1 is 1.00 bits per heavy atom. The summed E-state index contributed by atoms with van der Waals surface area (Å²) in [4.78, 5) is 4.19. The number of nitrogens with zero attached hydrogens (tertiary/aromatic N) is 1. The van der Waals surface area contributed by atoms with Gasteiger partial charge in [-0.2, -0.15) is 0 Å². The Kier molecular flexibility index (Phi) is 9.15. The normalized spacial score (nSPS) is 17.9. The van der Waals surface area contributed by atoms with Gasteiger partial charge in [-0.05, 0) is 37.7 Å². The third kappa shape index (κ3) is 4.96. The van der Waals surface area contributed by atoms with Crippen molar-refractivity contribution >= 4 is 6.21 Å². The minimum Gasteiger partial charge on any atom is -0.265 e. The number of aliphatic imine (C=N–C) groups is 1. The molecule has 0 spiro atoms. The summed E-state index contributed by atoms with van der Waals surface area (Å²) in [5.41, 5.74) is 3.12. The van der Waals surface area contributed by atoms with Crippen LogP contribution >= 0.6 is 0 Å². The minimum absolute atomic E-state index is 1.13. The van der Waals surface area contributed by atoms with Crippen molar-refractivity contribution in [3.05, 3.63) is 23.4 Å². The van der Waals surface area contributed by atoms with Gasteiger partial charge in [0.15, 0.2) is 0 Å². The van der Waals surface area contributed by atoms with E-state index in [1.165, 1.54) is 31.3 Å². The van der Waals surface area contributed by atoms with Crippen LogP contribution in [0.5, 0.6) is 0 Å². The zero-order valence-electron chi connectivity index (χ0n) is 10.7. The molecule has 0 radical (unpaired) electrons. The van der Waals surface area contributed by atoms with Crippen molar-refractivity contribution in [2.24, 2.45) is 4.99 Å². The van der Waals surface area contributed by atoms with Gasteiger partial charge in [-0.1, -0.05) is 39.3 Å². The van der Waals surface area contributed by atoms with Crippen LogP contribution in [0.2, 0.25) is 0 Å². The van der Waals surface area contributed by atoms with E-state index in [4.69, 9.17) is 0 Å². The molecule has 0 saturated carbocycles. The molecular formula is C14H25N. The van der Waals surface area contributed by atoms with E-state index in [-0.39, 0.29) is 0 Å². The number of hydrogen-bond donors (Lipinski definition) is 0. The topological polar surface area (TPSA) is 12.4 Å². The Bertz CT molecular complexity index is 234. The number of allylic oxidation sites excluding steroid dienone is 3. The van der Waals surface area contributed by atoms with E-state index in [0.717, 1.165) is 6.42 Å². The van der Waals surface area contributed by atoms with E-state index >= 15 is 0 Å². The Morgan fingerprint density at radius 3 is 2.40 bits per heavy atom. The maximum absolute atomic E-state index is 4.19. The summed E-state index contributed by atoms with van der Waals surface area (Å²) >= 11 is 0. The lowest BCUT2D eigenvalue weighted by atomic mass is 9.91. The molecule has 0 unspecified atom stereocenters. The maximum Gasteiger partial charge on any atom is 0.0299 e. The van der Waals surface area contributed by atoms with Crippen molar-refractivity contribution in [2.75, 3.05) is 0 Å². The van der Waals surface area contributed by atoms with Gasteiger partial charge in [-0.3, -0.25) is 4.99 Å². The SMILES string of the molecule is C1=CN=CC2=C(C1)CCCC2.CC.CC. The van der Waals surface area contributed by atoms with Gasteiger partial charge in [-0.15, -0.1) is 0 Å². The van der Waals surface area contributed by atoms with E-state index in [1.807, 2.05) is 40.1 Å². The van der Waals surface area contributed by atoms with Crippen molar-refractivity contribution in [3.8, 4) is 0 Å². The third-order valence-electron chi connectivity index (χ3n) is 2.41. The van der Waals surface area contributed by atoms with Gasteiger partial charge in [0.2, 0.25) is 0 Å². The summed E-state index contributed by atoms with van der Waals surface area (Å²) in [7, 11) is 0. The van der Waals surface area contributed by atoms with Gasteiger partial charge in [-0.25, -0.2) is 0 Å². The molecular weight excluding hydrogens is 182 g/mol. The molecule has 0 fully saturated rings. The first kappa shape index (κ1) is 14.2. The standard InChI is InChI=1S/C10H13N.2C2H6/c1-2-5-10-8-11-7-3-6-9(10)4-1;2*1-2/h3,7-8H,1-2,4-6H2;2*1-2H3. The number of rotatable bonds is 0. The molecule has 0 atom stereocenters. The fourth-order valence-corrected chi connectivity index (χ4v) is 1.77. The largest absolute Gasteiger partial charge is 0.265 e. The van der Waals surface area contributed by atoms with E-state index in [2.05, 4.69) is 11.1 Å². The summed E-state index contributed by atoms with van der Waals surface area (Å²) in [5.74, 6) is 0. The molecule has 1 heterocycles. The summed E-state index contributed by atoms with van der Waals surface area (Å²) in [5, 5.41) is 0. The molecule has 0 aromatic rings. The van der Waals surface area contributed by atoms with Crippen LogP contribution < -0.4 is 0 Å². The van der Waals surface area contributed by atoms with Crippen LogP contribution in [0.25, 0.3) is 0 Å². The van der Waals surface area contributed by atoms with E-state index in [0.29, 0.717) is 0 Å². The highest BCUT2D eigenvalue weighted by molar-refractivity contribution is 5.80. The second kappa shape index (κ2) is 9.70. The van der Waals surface area contributed by atoms with Crippen molar-refractivity contribution in [1.29, 1.82) is 0 Å². The molecule has 2 rings (SSSR count). The molecule has 0 aromatic heterocycles. The lowest BCUT2D eigenvalue weighted by Gasteiger charge is -2.15. The van der Waals surface area contributed by atoms with E-state index in [1.54, 1.807) is 5.57 Å². The zero-order chi connectivity index (χ0) is 11.5. The molecule has 1 nitrogen and oxygen atoms in total. The number of hydrogen-bond acceptors (Lipinski definition) is 1. The fraction of sp³-hybridized carbons (Fsp3) is 0.643. The molecule has 0 saturated heterocycles. The first-order chi connectivity index (χ1) is 7.47. The third-order valence-corrected chi connectivity index (χ3v) is 2.41. The summed E-state index contributed by atoms with van der Waals surface area (Å²) in [6.45, 7) is 8.00. The van der Waals surface area contributed by atoms with Gasteiger partial charge < -0.3 is 0 Å². The summed E-state index contributed by atoms with van der Waals surface area (Å²) in [6.07, 6.45) is 12.5. The summed E-state index contributed by atoms with van der Waals surface area (Å²) in [6, 6.07) is 0. The minimum atomic E-state index is 1.13. The predicted octanol–water partition coefficient (Wildman–Crippen LogP) is 4.90. The lowest BCUT2D eigenvalue weighted by molar-refractivity contribution is 0.680. The molecule has 0 amide bonds. The van der Waals surface area contributed by atoms with Gasteiger partial charge in [0.1, 0.15) is 0 Å². The highest BCUT2D eigenvalue weighted by atomic mass is 14.7. The first-order valence-electron chi connectivity index (χ1n) is 6.36. The molecule has 1 heteroatoms. The van der Waals surface area contributed by atoms with Crippen LogP contribution in [0.4, 0.5) is 0 Å². The van der Waals surface area contributed by atoms with Crippen molar-refractivity contribution in [2.45, 2.75) is 59.8 Å². The molecule has 0 N–H and O–H groups in total. The van der Waals surface area contributed by atoms with E-state index in [9.17, 15) is 0 Å². The van der Waals surface area contributed by atoms with E-state index < -0.39 is 0 Å². The molecule has 2 aliphatic rings. The average Bonchev–Trinajstić information content (AvgIpc) is 2.59. The van der Waals surface area contributed by atoms with Crippen LogP contribution in [0.15, 0.2) is 28.4 Å². The monoisotopic (exact) mass is 207 g/mol. The highest BCUT2D eigenvalue weighted by Crippen LogP contribution is 2.27. The molecule has 0 bridgehead atoms. The summed E-state index contributed by atoms with van der Waals surface area (Å²) < 4.78 is 0. The smallest absolute Gasteiger partial charge is 0.0299 e.